The van der Waals surface area contributed by atoms with Gasteiger partial charge in [0.2, 0.25) is 0 Å². The summed E-state index contributed by atoms with van der Waals surface area (Å²) in [5.41, 5.74) is 0. The van der Waals surface area contributed by atoms with Crippen molar-refractivity contribution in [1.82, 2.24) is 10.2 Å². The molecule has 2 rings (SSSR count). The molecule has 98 valence electrons. The molecule has 0 aromatic carbocycles. The van der Waals surface area contributed by atoms with Crippen LogP contribution in [0.25, 0.3) is 0 Å². The van der Waals surface area contributed by atoms with Crippen LogP contribution in [-0.2, 0) is 13.1 Å². The summed E-state index contributed by atoms with van der Waals surface area (Å²) in [5.74, 6) is 3.13. The summed E-state index contributed by atoms with van der Waals surface area (Å²) in [4.78, 5) is 14.8. The van der Waals surface area contributed by atoms with Crippen LogP contribution >= 0.6 is 11.3 Å². The Kier molecular flexibility index (Phi) is 4.65. The van der Waals surface area contributed by atoms with E-state index < -0.39 is 0 Å². The summed E-state index contributed by atoms with van der Waals surface area (Å²) >= 11 is 1.61. The average Bonchev–Trinajstić information content (AvgIpc) is 3.08. The number of thiophene rings is 1. The summed E-state index contributed by atoms with van der Waals surface area (Å²) in [6.07, 6.45) is 6.74. The maximum atomic E-state index is 12.0. The third kappa shape index (κ3) is 3.90. The summed E-state index contributed by atoms with van der Waals surface area (Å²) < 4.78 is 5.28. The van der Waals surface area contributed by atoms with Crippen LogP contribution in [0, 0.1) is 12.3 Å². The number of rotatable bonds is 5. The second kappa shape index (κ2) is 6.66. The highest BCUT2D eigenvalue weighted by molar-refractivity contribution is 7.09. The van der Waals surface area contributed by atoms with Gasteiger partial charge in [0.05, 0.1) is 25.9 Å². The normalized spacial score (nSPS) is 9.84. The summed E-state index contributed by atoms with van der Waals surface area (Å²) in [6.45, 7) is 1.17. The number of terminal acetylenes is 1. The second-order valence-corrected chi connectivity index (χ2v) is 4.91. The third-order valence-electron chi connectivity index (χ3n) is 2.48. The minimum Gasteiger partial charge on any atom is -0.467 e. The predicted molar refractivity (Wildman–Crippen MR) is 74.5 cm³/mol. The van der Waals surface area contributed by atoms with E-state index in [1.54, 1.807) is 28.6 Å². The smallest absolute Gasteiger partial charge is 0.318 e. The Hall–Kier alpha value is -2.19. The molecule has 0 bridgehead atoms. The van der Waals surface area contributed by atoms with Crippen LogP contribution in [0.5, 0.6) is 0 Å². The molecule has 2 heterocycles. The molecule has 0 aliphatic heterocycles. The first-order chi connectivity index (χ1) is 9.29. The molecule has 1 N–H and O–H groups in total. The Labute approximate surface area is 116 Å². The molecule has 2 amide bonds. The Balaban J connectivity index is 2.04. The monoisotopic (exact) mass is 274 g/mol. The number of furan rings is 1. The van der Waals surface area contributed by atoms with E-state index >= 15 is 0 Å². The molecule has 0 aliphatic carbocycles. The van der Waals surface area contributed by atoms with Crippen molar-refractivity contribution in [3.05, 3.63) is 46.5 Å². The summed E-state index contributed by atoms with van der Waals surface area (Å²) in [7, 11) is 0. The van der Waals surface area contributed by atoms with Crippen molar-refractivity contribution < 1.29 is 9.21 Å². The van der Waals surface area contributed by atoms with Gasteiger partial charge in [-0.2, -0.15) is 0 Å². The van der Waals surface area contributed by atoms with E-state index in [4.69, 9.17) is 10.8 Å². The maximum absolute atomic E-state index is 12.0. The summed E-state index contributed by atoms with van der Waals surface area (Å²) in [6, 6.07) is 7.41. The number of carbonyl (C=O) groups is 1. The van der Waals surface area contributed by atoms with E-state index in [-0.39, 0.29) is 12.6 Å². The lowest BCUT2D eigenvalue weighted by Crippen LogP contribution is -2.39. The van der Waals surface area contributed by atoms with Gasteiger partial charge in [-0.1, -0.05) is 12.0 Å². The van der Waals surface area contributed by atoms with Crippen LogP contribution < -0.4 is 5.32 Å². The van der Waals surface area contributed by atoms with Crippen LogP contribution in [-0.4, -0.2) is 17.5 Å². The number of amides is 2. The van der Waals surface area contributed by atoms with E-state index in [0.717, 1.165) is 10.6 Å². The molecule has 0 radical (unpaired) electrons. The number of urea groups is 1. The lowest BCUT2D eigenvalue weighted by molar-refractivity contribution is 0.189. The van der Waals surface area contributed by atoms with Crippen molar-refractivity contribution in [2.24, 2.45) is 0 Å². The Morgan fingerprint density at radius 3 is 2.95 bits per heavy atom. The molecule has 5 heteroatoms. The SMILES string of the molecule is C#CCNC(=O)N(Cc1ccco1)Cc1cccs1. The fraction of sp³-hybridized carbons (Fsp3) is 0.214. The standard InChI is InChI=1S/C14H14N2O2S/c1-2-7-15-14(17)16(10-12-5-3-8-18-12)11-13-6-4-9-19-13/h1,3-6,8-9H,7,10-11H2,(H,15,17). The second-order valence-electron chi connectivity index (χ2n) is 3.88. The molecular formula is C14H14N2O2S. The number of carbonyl (C=O) groups excluding carboxylic acids is 1. The number of nitrogens with zero attached hydrogens (tertiary/aromatic N) is 1. The first-order valence-electron chi connectivity index (χ1n) is 5.80. The number of hydrogen-bond acceptors (Lipinski definition) is 3. The van der Waals surface area contributed by atoms with Crippen LogP contribution in [0.4, 0.5) is 4.79 Å². The maximum Gasteiger partial charge on any atom is 0.318 e. The molecule has 0 atom stereocenters. The van der Waals surface area contributed by atoms with Gasteiger partial charge in [-0.3, -0.25) is 0 Å². The number of nitrogens with one attached hydrogen (secondary N) is 1. The minimum absolute atomic E-state index is 0.192. The predicted octanol–water partition coefficient (Wildman–Crippen LogP) is 2.69. The molecule has 0 saturated carbocycles. The van der Waals surface area contributed by atoms with E-state index in [9.17, 15) is 4.79 Å². The van der Waals surface area contributed by atoms with Gasteiger partial charge in [0.25, 0.3) is 0 Å². The molecular weight excluding hydrogens is 260 g/mol. The van der Waals surface area contributed by atoms with Crippen LogP contribution in [0.1, 0.15) is 10.6 Å². The molecule has 4 nitrogen and oxygen atoms in total. The Morgan fingerprint density at radius 2 is 2.32 bits per heavy atom. The van der Waals surface area contributed by atoms with Crippen molar-refractivity contribution in [1.29, 1.82) is 0 Å². The molecule has 0 saturated heterocycles. The van der Waals surface area contributed by atoms with Crippen molar-refractivity contribution >= 4 is 17.4 Å². The fourth-order valence-electron chi connectivity index (χ4n) is 1.62. The van der Waals surface area contributed by atoms with Crippen LogP contribution in [0.3, 0.4) is 0 Å². The Morgan fingerprint density at radius 1 is 1.42 bits per heavy atom. The molecule has 2 aromatic rings. The van der Waals surface area contributed by atoms with Gasteiger partial charge in [0.15, 0.2) is 0 Å². The van der Waals surface area contributed by atoms with E-state index in [1.807, 2.05) is 23.6 Å². The van der Waals surface area contributed by atoms with E-state index in [0.29, 0.717) is 13.1 Å². The largest absolute Gasteiger partial charge is 0.467 e. The molecule has 0 spiro atoms. The quantitative estimate of drug-likeness (QED) is 0.852. The molecule has 0 aliphatic rings. The molecule has 2 aromatic heterocycles. The lowest BCUT2D eigenvalue weighted by atomic mass is 10.3. The van der Waals surface area contributed by atoms with Gasteiger partial charge in [-0.25, -0.2) is 4.79 Å². The van der Waals surface area contributed by atoms with Crippen molar-refractivity contribution in [3.8, 4) is 12.3 Å². The third-order valence-corrected chi connectivity index (χ3v) is 3.34. The topological polar surface area (TPSA) is 45.5 Å². The van der Waals surface area contributed by atoms with Gasteiger partial charge < -0.3 is 14.6 Å². The highest BCUT2D eigenvalue weighted by atomic mass is 32.1. The van der Waals surface area contributed by atoms with E-state index in [1.165, 1.54) is 0 Å². The van der Waals surface area contributed by atoms with Crippen molar-refractivity contribution in [3.63, 3.8) is 0 Å². The zero-order chi connectivity index (χ0) is 13.5. The summed E-state index contributed by atoms with van der Waals surface area (Å²) in [5, 5.41) is 4.66. The van der Waals surface area contributed by atoms with Gasteiger partial charge in [0, 0.05) is 4.88 Å². The molecule has 19 heavy (non-hydrogen) atoms. The van der Waals surface area contributed by atoms with Gasteiger partial charge >= 0.3 is 6.03 Å². The fourth-order valence-corrected chi connectivity index (χ4v) is 2.34. The zero-order valence-corrected chi connectivity index (χ0v) is 11.2. The van der Waals surface area contributed by atoms with Gasteiger partial charge in [-0.05, 0) is 23.6 Å². The van der Waals surface area contributed by atoms with Gasteiger partial charge in [-0.15, -0.1) is 17.8 Å². The van der Waals surface area contributed by atoms with Crippen LogP contribution in [0.2, 0.25) is 0 Å². The number of hydrogen-bond donors (Lipinski definition) is 1. The zero-order valence-electron chi connectivity index (χ0n) is 10.3. The highest BCUT2D eigenvalue weighted by Gasteiger charge is 2.15. The Bertz CT molecular complexity index is 504. The van der Waals surface area contributed by atoms with Crippen molar-refractivity contribution in [2.45, 2.75) is 13.1 Å². The average molecular weight is 274 g/mol. The van der Waals surface area contributed by atoms with E-state index in [2.05, 4.69) is 11.2 Å². The first kappa shape index (κ1) is 13.2. The van der Waals surface area contributed by atoms with Crippen LogP contribution in [0.15, 0.2) is 40.3 Å². The molecule has 0 fully saturated rings. The highest BCUT2D eigenvalue weighted by Crippen LogP contribution is 2.14. The first-order valence-corrected chi connectivity index (χ1v) is 6.68. The van der Waals surface area contributed by atoms with Gasteiger partial charge in [0.1, 0.15) is 5.76 Å². The molecule has 0 unspecified atom stereocenters. The lowest BCUT2D eigenvalue weighted by Gasteiger charge is -2.20. The van der Waals surface area contributed by atoms with Crippen molar-refractivity contribution in [2.75, 3.05) is 6.54 Å². The minimum atomic E-state index is -0.192.